The monoisotopic (exact) mass is 364 g/mol. The predicted molar refractivity (Wildman–Crippen MR) is 102 cm³/mol. The van der Waals surface area contributed by atoms with Crippen molar-refractivity contribution in [3.8, 4) is 11.5 Å². The van der Waals surface area contributed by atoms with Crippen molar-refractivity contribution in [3.05, 3.63) is 76.5 Å². The van der Waals surface area contributed by atoms with Crippen molar-refractivity contribution in [2.24, 2.45) is 5.73 Å². The van der Waals surface area contributed by atoms with E-state index in [1.165, 1.54) is 12.3 Å². The zero-order valence-electron chi connectivity index (χ0n) is 14.3. The molecule has 0 spiro atoms. The van der Waals surface area contributed by atoms with Crippen LogP contribution < -0.4 is 16.6 Å². The zero-order valence-corrected chi connectivity index (χ0v) is 14.3. The number of hydrogen-bond donors (Lipinski definition) is 3. The zero-order chi connectivity index (χ0) is 18.8. The molecule has 0 aliphatic rings. The Bertz CT molecular complexity index is 1170. The van der Waals surface area contributed by atoms with Gasteiger partial charge in [-0.1, -0.05) is 36.4 Å². The summed E-state index contributed by atoms with van der Waals surface area (Å²) >= 11 is 0. The van der Waals surface area contributed by atoms with Gasteiger partial charge in [0.2, 0.25) is 0 Å². The Labute approximate surface area is 153 Å². The lowest BCUT2D eigenvalue weighted by molar-refractivity contribution is 0.590. The smallest absolute Gasteiger partial charge is 0.274 e. The molecule has 2 aromatic heterocycles. The van der Waals surface area contributed by atoms with Gasteiger partial charge in [-0.15, -0.1) is 0 Å². The third-order valence-electron chi connectivity index (χ3n) is 4.25. The van der Waals surface area contributed by atoms with Gasteiger partial charge in [0.25, 0.3) is 5.56 Å². The lowest BCUT2D eigenvalue weighted by Gasteiger charge is -2.05. The molecule has 0 aliphatic heterocycles. The van der Waals surface area contributed by atoms with Gasteiger partial charge in [0.1, 0.15) is 17.2 Å². The maximum absolute atomic E-state index is 14.1. The van der Waals surface area contributed by atoms with E-state index >= 15 is 0 Å². The number of H-pyrrole nitrogens is 1. The van der Waals surface area contributed by atoms with Crippen LogP contribution in [0.2, 0.25) is 0 Å². The lowest BCUT2D eigenvalue weighted by Crippen LogP contribution is -2.20. The number of fused-ring (bicyclic) bond motifs is 1. The average molecular weight is 364 g/mol. The number of aromatic amines is 1. The summed E-state index contributed by atoms with van der Waals surface area (Å²) in [6.45, 7) is 0.397. The molecule has 4 N–H and O–H groups in total. The minimum atomic E-state index is -0.335. The van der Waals surface area contributed by atoms with Crippen LogP contribution in [0.3, 0.4) is 0 Å². The van der Waals surface area contributed by atoms with Crippen LogP contribution in [0.5, 0.6) is 0 Å². The molecule has 2 heterocycles. The first kappa shape index (κ1) is 16.9. The number of aromatic nitrogens is 4. The van der Waals surface area contributed by atoms with Gasteiger partial charge in [-0.25, -0.2) is 9.37 Å². The third-order valence-corrected chi connectivity index (χ3v) is 4.25. The summed E-state index contributed by atoms with van der Waals surface area (Å²) in [7, 11) is 0. The highest BCUT2D eigenvalue weighted by molar-refractivity contribution is 5.91. The van der Waals surface area contributed by atoms with Gasteiger partial charge in [0, 0.05) is 10.9 Å². The van der Waals surface area contributed by atoms with Crippen LogP contribution in [-0.4, -0.2) is 26.4 Å². The highest BCUT2D eigenvalue weighted by Gasteiger charge is 2.15. The molecular formula is C19H17FN6O. The molecule has 0 saturated heterocycles. The van der Waals surface area contributed by atoms with Crippen molar-refractivity contribution in [2.75, 3.05) is 12.0 Å². The van der Waals surface area contributed by atoms with Crippen molar-refractivity contribution in [1.29, 1.82) is 0 Å². The maximum Gasteiger partial charge on any atom is 0.274 e. The topological polar surface area (TPSA) is 102 Å². The van der Waals surface area contributed by atoms with Gasteiger partial charge in [-0.05, 0) is 12.1 Å². The Hall–Kier alpha value is -3.52. The second-order valence-electron chi connectivity index (χ2n) is 5.97. The molecule has 4 aromatic rings. The Balaban J connectivity index is 1.82. The summed E-state index contributed by atoms with van der Waals surface area (Å²) in [4.78, 5) is 19.2. The number of benzene rings is 2. The summed E-state index contributed by atoms with van der Waals surface area (Å²) in [5.41, 5.74) is 7.23. The number of nitrogens with zero attached hydrogens (tertiary/aromatic N) is 3. The molecular weight excluding hydrogens is 347 g/mol. The number of para-hydroxylation sites is 1. The summed E-state index contributed by atoms with van der Waals surface area (Å²) in [6, 6.07) is 14.1. The normalized spacial score (nSPS) is 11.0. The van der Waals surface area contributed by atoms with E-state index < -0.39 is 0 Å². The fraction of sp³-hybridized carbons (Fsp3) is 0.105. The number of halogens is 1. The summed E-state index contributed by atoms with van der Waals surface area (Å²) < 4.78 is 15.8. The second-order valence-corrected chi connectivity index (χ2v) is 5.97. The number of anilines is 1. The van der Waals surface area contributed by atoms with Crippen LogP contribution in [0.4, 0.5) is 10.1 Å². The van der Waals surface area contributed by atoms with E-state index in [-0.39, 0.29) is 30.3 Å². The van der Waals surface area contributed by atoms with Crippen LogP contribution in [0.1, 0.15) is 5.56 Å². The van der Waals surface area contributed by atoms with Gasteiger partial charge in [0.05, 0.1) is 24.9 Å². The number of hydrogen-bond acceptors (Lipinski definition) is 5. The van der Waals surface area contributed by atoms with Gasteiger partial charge in [-0.3, -0.25) is 9.48 Å². The van der Waals surface area contributed by atoms with Crippen LogP contribution in [0.15, 0.2) is 59.5 Å². The Morgan fingerprint density at radius 1 is 1.15 bits per heavy atom. The minimum Gasteiger partial charge on any atom is -0.367 e. The summed E-state index contributed by atoms with van der Waals surface area (Å²) in [6.07, 6.45) is 1.42. The van der Waals surface area contributed by atoms with Crippen molar-refractivity contribution in [3.63, 3.8) is 0 Å². The van der Waals surface area contributed by atoms with Gasteiger partial charge < -0.3 is 16.0 Å². The summed E-state index contributed by atoms with van der Waals surface area (Å²) in [5.74, 6) is 0.0495. The lowest BCUT2D eigenvalue weighted by atomic mass is 10.2. The first-order chi connectivity index (χ1) is 13.2. The molecule has 0 saturated carbocycles. The fourth-order valence-electron chi connectivity index (χ4n) is 2.96. The molecule has 0 bridgehead atoms. The molecule has 0 atom stereocenters. The van der Waals surface area contributed by atoms with E-state index in [1.54, 1.807) is 22.9 Å². The van der Waals surface area contributed by atoms with E-state index in [2.05, 4.69) is 20.4 Å². The van der Waals surface area contributed by atoms with Gasteiger partial charge in [-0.2, -0.15) is 5.10 Å². The third kappa shape index (κ3) is 3.18. The van der Waals surface area contributed by atoms with Crippen molar-refractivity contribution in [1.82, 2.24) is 19.7 Å². The average Bonchev–Trinajstić information content (AvgIpc) is 3.04. The molecule has 0 unspecified atom stereocenters. The highest BCUT2D eigenvalue weighted by atomic mass is 19.1. The first-order valence-corrected chi connectivity index (χ1v) is 8.40. The van der Waals surface area contributed by atoms with Crippen molar-refractivity contribution in [2.45, 2.75) is 6.54 Å². The van der Waals surface area contributed by atoms with Crippen LogP contribution >= 0.6 is 0 Å². The van der Waals surface area contributed by atoms with E-state index in [0.717, 1.165) is 10.9 Å². The van der Waals surface area contributed by atoms with E-state index in [0.29, 0.717) is 17.1 Å². The number of nitrogens with one attached hydrogen (secondary N) is 2. The fourth-order valence-corrected chi connectivity index (χ4v) is 2.96. The number of nitrogens with two attached hydrogens (primary N) is 1. The van der Waals surface area contributed by atoms with Crippen LogP contribution in [-0.2, 0) is 6.54 Å². The second kappa shape index (κ2) is 7.00. The van der Waals surface area contributed by atoms with E-state index in [1.807, 2.05) is 24.3 Å². The van der Waals surface area contributed by atoms with Gasteiger partial charge in [0.15, 0.2) is 5.82 Å². The molecule has 136 valence electrons. The van der Waals surface area contributed by atoms with Crippen molar-refractivity contribution >= 4 is 16.6 Å². The van der Waals surface area contributed by atoms with Crippen LogP contribution in [0.25, 0.3) is 22.4 Å². The minimum absolute atomic E-state index is 0.129. The van der Waals surface area contributed by atoms with E-state index in [4.69, 9.17) is 5.73 Å². The Morgan fingerprint density at radius 3 is 2.70 bits per heavy atom. The molecule has 7 nitrogen and oxygen atoms in total. The molecule has 0 radical (unpaired) electrons. The predicted octanol–water partition coefficient (Wildman–Crippen LogP) is 2.30. The largest absolute Gasteiger partial charge is 0.367 e. The molecule has 0 aliphatic carbocycles. The summed E-state index contributed by atoms with van der Waals surface area (Å²) in [5, 5.41) is 8.14. The van der Waals surface area contributed by atoms with Crippen molar-refractivity contribution < 1.29 is 4.39 Å². The Morgan fingerprint density at radius 2 is 1.93 bits per heavy atom. The quantitative estimate of drug-likeness (QED) is 0.472. The molecule has 4 rings (SSSR count). The number of rotatable bonds is 5. The first-order valence-electron chi connectivity index (χ1n) is 8.40. The SMILES string of the molecule is NCNc1cnc(-c2nn(Cc3ccccc3F)c3ccccc23)[nH]c1=O. The maximum atomic E-state index is 14.1. The highest BCUT2D eigenvalue weighted by Crippen LogP contribution is 2.26. The molecule has 27 heavy (non-hydrogen) atoms. The van der Waals surface area contributed by atoms with E-state index in [9.17, 15) is 9.18 Å². The standard InChI is InChI=1S/C19H17FN6O/c20-14-7-3-1-5-12(14)10-26-16-8-4-2-6-13(16)17(25-26)18-22-9-15(23-11-21)19(27)24-18/h1-9,23H,10-11,21H2,(H,22,24,27). The molecule has 2 aromatic carbocycles. The molecule has 0 amide bonds. The molecule has 8 heteroatoms. The Kier molecular flexibility index (Phi) is 4.39. The molecule has 0 fully saturated rings. The van der Waals surface area contributed by atoms with Gasteiger partial charge >= 0.3 is 0 Å². The van der Waals surface area contributed by atoms with Crippen LogP contribution in [0, 0.1) is 5.82 Å².